The average Bonchev–Trinajstić information content (AvgIpc) is 2.89. The van der Waals surface area contributed by atoms with Crippen LogP contribution in [0.15, 0.2) is 42.7 Å². The minimum absolute atomic E-state index is 0.260. The van der Waals surface area contributed by atoms with Crippen LogP contribution in [0.25, 0.3) is 10.9 Å². The Kier molecular flexibility index (Phi) is 3.30. The van der Waals surface area contributed by atoms with Crippen molar-refractivity contribution in [3.05, 3.63) is 59.0 Å². The van der Waals surface area contributed by atoms with E-state index in [1.54, 1.807) is 24.4 Å². The van der Waals surface area contributed by atoms with Crippen molar-refractivity contribution in [1.82, 2.24) is 9.97 Å². The molecule has 1 amide bonds. The third-order valence-electron chi connectivity index (χ3n) is 3.05. The molecule has 3 aromatic rings. The van der Waals surface area contributed by atoms with Gasteiger partial charge < -0.3 is 10.3 Å². The standard InChI is InChI=1S/C15H9ClN4O/c16-14-5-9(3-4-18-14)15(21)20-11-1-2-13-12(6-11)10(7-17)8-19-13/h1-6,8,19H,(H,20,21). The van der Waals surface area contributed by atoms with Crippen LogP contribution < -0.4 is 5.32 Å². The van der Waals surface area contributed by atoms with E-state index < -0.39 is 0 Å². The second-order valence-electron chi connectivity index (χ2n) is 4.40. The van der Waals surface area contributed by atoms with E-state index in [1.165, 1.54) is 12.3 Å². The minimum Gasteiger partial charge on any atom is -0.360 e. The maximum absolute atomic E-state index is 12.1. The van der Waals surface area contributed by atoms with Gasteiger partial charge in [-0.3, -0.25) is 4.79 Å². The maximum atomic E-state index is 12.1. The van der Waals surface area contributed by atoms with Gasteiger partial charge in [-0.05, 0) is 30.3 Å². The normalized spacial score (nSPS) is 10.3. The van der Waals surface area contributed by atoms with Crippen LogP contribution in [0.5, 0.6) is 0 Å². The molecule has 0 fully saturated rings. The molecule has 21 heavy (non-hydrogen) atoms. The molecule has 1 aromatic carbocycles. The number of amides is 1. The van der Waals surface area contributed by atoms with Crippen molar-refractivity contribution in [3.8, 4) is 6.07 Å². The van der Waals surface area contributed by atoms with Gasteiger partial charge in [0.05, 0.1) is 5.56 Å². The second-order valence-corrected chi connectivity index (χ2v) is 4.78. The first kappa shape index (κ1) is 13.2. The third-order valence-corrected chi connectivity index (χ3v) is 3.26. The lowest BCUT2D eigenvalue weighted by molar-refractivity contribution is 0.102. The van der Waals surface area contributed by atoms with Crippen molar-refractivity contribution in [2.45, 2.75) is 0 Å². The average molecular weight is 297 g/mol. The molecule has 0 bridgehead atoms. The molecule has 0 aliphatic rings. The fraction of sp³-hybridized carbons (Fsp3) is 0. The molecule has 0 atom stereocenters. The molecule has 2 N–H and O–H groups in total. The highest BCUT2D eigenvalue weighted by atomic mass is 35.5. The number of carbonyl (C=O) groups excluding carboxylic acids is 1. The summed E-state index contributed by atoms with van der Waals surface area (Å²) in [6.07, 6.45) is 3.11. The number of fused-ring (bicyclic) bond motifs is 1. The molecule has 6 heteroatoms. The van der Waals surface area contributed by atoms with E-state index in [1.807, 2.05) is 6.07 Å². The molecule has 2 aromatic heterocycles. The number of anilines is 1. The summed E-state index contributed by atoms with van der Waals surface area (Å²) in [5.74, 6) is -0.285. The molecular weight excluding hydrogens is 288 g/mol. The lowest BCUT2D eigenvalue weighted by Crippen LogP contribution is -2.11. The van der Waals surface area contributed by atoms with E-state index in [-0.39, 0.29) is 11.1 Å². The van der Waals surface area contributed by atoms with Crippen molar-refractivity contribution >= 4 is 34.1 Å². The Labute approximate surface area is 125 Å². The number of nitriles is 1. The molecule has 0 aliphatic carbocycles. The van der Waals surface area contributed by atoms with Crippen molar-refractivity contribution < 1.29 is 4.79 Å². The van der Waals surface area contributed by atoms with Gasteiger partial charge in [0.15, 0.2) is 0 Å². The van der Waals surface area contributed by atoms with Crippen molar-refractivity contribution in [1.29, 1.82) is 5.26 Å². The highest BCUT2D eigenvalue weighted by molar-refractivity contribution is 6.29. The first-order valence-corrected chi connectivity index (χ1v) is 6.49. The number of aromatic amines is 1. The number of hydrogen-bond donors (Lipinski definition) is 2. The van der Waals surface area contributed by atoms with Gasteiger partial charge in [0, 0.05) is 34.5 Å². The number of nitrogens with zero attached hydrogens (tertiary/aromatic N) is 2. The summed E-state index contributed by atoms with van der Waals surface area (Å²) in [6, 6.07) is 10.5. The monoisotopic (exact) mass is 296 g/mol. The Hall–Kier alpha value is -2.84. The Morgan fingerprint density at radius 2 is 2.19 bits per heavy atom. The van der Waals surface area contributed by atoms with Crippen LogP contribution in [0.3, 0.4) is 0 Å². The summed E-state index contributed by atoms with van der Waals surface area (Å²) < 4.78 is 0. The van der Waals surface area contributed by atoms with Gasteiger partial charge in [-0.25, -0.2) is 4.98 Å². The van der Waals surface area contributed by atoms with E-state index in [4.69, 9.17) is 16.9 Å². The zero-order valence-corrected chi connectivity index (χ0v) is 11.5. The number of H-pyrrole nitrogens is 1. The highest BCUT2D eigenvalue weighted by Gasteiger charge is 2.09. The summed E-state index contributed by atoms with van der Waals surface area (Å²) in [5.41, 5.74) is 2.41. The topological polar surface area (TPSA) is 81.6 Å². The van der Waals surface area contributed by atoms with Crippen LogP contribution in [0.4, 0.5) is 5.69 Å². The van der Waals surface area contributed by atoms with Crippen LogP contribution >= 0.6 is 11.6 Å². The Morgan fingerprint density at radius 3 is 2.95 bits per heavy atom. The quantitative estimate of drug-likeness (QED) is 0.712. The van der Waals surface area contributed by atoms with Gasteiger partial charge in [0.25, 0.3) is 5.91 Å². The maximum Gasteiger partial charge on any atom is 0.255 e. The molecule has 2 heterocycles. The Bertz CT molecular complexity index is 879. The van der Waals surface area contributed by atoms with Crippen LogP contribution in [0.1, 0.15) is 15.9 Å². The summed E-state index contributed by atoms with van der Waals surface area (Å²) in [5, 5.41) is 12.8. The fourth-order valence-corrected chi connectivity index (χ4v) is 2.21. The smallest absolute Gasteiger partial charge is 0.255 e. The second kappa shape index (κ2) is 5.27. The van der Waals surface area contributed by atoms with Gasteiger partial charge in [0.2, 0.25) is 0 Å². The zero-order valence-electron chi connectivity index (χ0n) is 10.7. The molecule has 0 aliphatic heterocycles. The molecule has 3 rings (SSSR count). The molecular formula is C15H9ClN4O. The predicted molar refractivity (Wildman–Crippen MR) is 80.2 cm³/mol. The summed E-state index contributed by atoms with van der Waals surface area (Å²) >= 11 is 5.76. The van der Waals surface area contributed by atoms with Gasteiger partial charge in [0.1, 0.15) is 11.2 Å². The van der Waals surface area contributed by atoms with Crippen LogP contribution in [0, 0.1) is 11.3 Å². The van der Waals surface area contributed by atoms with E-state index in [0.29, 0.717) is 16.8 Å². The van der Waals surface area contributed by atoms with Gasteiger partial charge in [-0.15, -0.1) is 0 Å². The number of benzene rings is 1. The fourth-order valence-electron chi connectivity index (χ4n) is 2.04. The van der Waals surface area contributed by atoms with Crippen molar-refractivity contribution in [2.75, 3.05) is 5.32 Å². The first-order chi connectivity index (χ1) is 10.2. The molecule has 5 nitrogen and oxygen atoms in total. The Balaban J connectivity index is 1.91. The van der Waals surface area contributed by atoms with Crippen LogP contribution in [-0.4, -0.2) is 15.9 Å². The van der Waals surface area contributed by atoms with E-state index in [0.717, 1.165) is 10.9 Å². The number of nitrogens with one attached hydrogen (secondary N) is 2. The molecule has 102 valence electrons. The number of halogens is 1. The predicted octanol–water partition coefficient (Wildman–Crippen LogP) is 3.34. The molecule has 0 spiro atoms. The molecule has 0 unspecified atom stereocenters. The zero-order chi connectivity index (χ0) is 14.8. The van der Waals surface area contributed by atoms with Gasteiger partial charge >= 0.3 is 0 Å². The van der Waals surface area contributed by atoms with Crippen LogP contribution in [-0.2, 0) is 0 Å². The van der Waals surface area contributed by atoms with Gasteiger partial charge in [-0.2, -0.15) is 5.26 Å². The van der Waals surface area contributed by atoms with E-state index in [2.05, 4.69) is 21.4 Å². The van der Waals surface area contributed by atoms with E-state index >= 15 is 0 Å². The van der Waals surface area contributed by atoms with Crippen LogP contribution in [0.2, 0.25) is 5.15 Å². The lowest BCUT2D eigenvalue weighted by Gasteiger charge is -2.05. The summed E-state index contributed by atoms with van der Waals surface area (Å²) in [4.78, 5) is 19.0. The van der Waals surface area contributed by atoms with Crippen molar-refractivity contribution in [2.24, 2.45) is 0 Å². The molecule has 0 saturated carbocycles. The summed E-state index contributed by atoms with van der Waals surface area (Å²) in [7, 11) is 0. The number of hydrogen-bond acceptors (Lipinski definition) is 3. The number of carbonyl (C=O) groups is 1. The SMILES string of the molecule is N#Cc1c[nH]c2ccc(NC(=O)c3ccnc(Cl)c3)cc12. The van der Waals surface area contributed by atoms with E-state index in [9.17, 15) is 4.79 Å². The third kappa shape index (κ3) is 2.57. The first-order valence-electron chi connectivity index (χ1n) is 6.11. The Morgan fingerprint density at radius 1 is 1.33 bits per heavy atom. The number of aromatic nitrogens is 2. The van der Waals surface area contributed by atoms with Crippen molar-refractivity contribution in [3.63, 3.8) is 0 Å². The number of pyridine rings is 1. The highest BCUT2D eigenvalue weighted by Crippen LogP contribution is 2.22. The summed E-state index contributed by atoms with van der Waals surface area (Å²) in [6.45, 7) is 0. The molecule has 0 radical (unpaired) electrons. The minimum atomic E-state index is -0.285. The van der Waals surface area contributed by atoms with Gasteiger partial charge in [-0.1, -0.05) is 11.6 Å². The number of rotatable bonds is 2. The largest absolute Gasteiger partial charge is 0.360 e. The lowest BCUT2D eigenvalue weighted by atomic mass is 10.1. The molecule has 0 saturated heterocycles.